The Hall–Kier alpha value is -3.10. The fourth-order valence-electron chi connectivity index (χ4n) is 2.78. The van der Waals surface area contributed by atoms with Crippen LogP contribution in [0.25, 0.3) is 0 Å². The standard InChI is InChI=1S/C21H27FN4O4/c1-12(2)17(23-16(28)11-26(6)13(3)27)18(29)19-24-25-20(30-19)21(4,5)14-7-9-15(22)10-8-14/h7-10,12,17H,11H2,1-6H3,(H,23,28)/t17-/m1/s1. The minimum absolute atomic E-state index is 0.168. The number of aromatic nitrogens is 2. The fraction of sp³-hybridized carbons (Fsp3) is 0.476. The number of carbonyl (C=O) groups excluding carboxylic acids is 3. The second-order valence-corrected chi connectivity index (χ2v) is 8.07. The molecule has 0 saturated carbocycles. The van der Waals surface area contributed by atoms with Crippen molar-refractivity contribution < 1.29 is 23.2 Å². The normalized spacial score (nSPS) is 12.5. The number of likely N-dealkylation sites (N-methyl/N-ethyl adjacent to an activating group) is 1. The molecular weight excluding hydrogens is 391 g/mol. The summed E-state index contributed by atoms with van der Waals surface area (Å²) in [5, 5.41) is 10.5. The Bertz CT molecular complexity index is 921. The van der Waals surface area contributed by atoms with Crippen LogP contribution >= 0.6 is 0 Å². The Balaban J connectivity index is 2.20. The van der Waals surface area contributed by atoms with Gasteiger partial charge in [0, 0.05) is 14.0 Å². The van der Waals surface area contributed by atoms with E-state index >= 15 is 0 Å². The highest BCUT2D eigenvalue weighted by Gasteiger charge is 2.34. The van der Waals surface area contributed by atoms with E-state index < -0.39 is 23.1 Å². The minimum atomic E-state index is -0.889. The molecule has 1 atom stereocenters. The van der Waals surface area contributed by atoms with E-state index in [4.69, 9.17) is 4.42 Å². The second-order valence-electron chi connectivity index (χ2n) is 8.07. The van der Waals surface area contributed by atoms with E-state index in [1.165, 1.54) is 31.0 Å². The molecule has 0 fully saturated rings. The third kappa shape index (κ3) is 5.28. The van der Waals surface area contributed by atoms with Gasteiger partial charge < -0.3 is 14.6 Å². The second kappa shape index (κ2) is 9.15. The maximum atomic E-state index is 13.2. The molecule has 0 saturated heterocycles. The van der Waals surface area contributed by atoms with E-state index in [0.29, 0.717) is 0 Å². The van der Waals surface area contributed by atoms with Gasteiger partial charge in [-0.15, -0.1) is 10.2 Å². The summed E-state index contributed by atoms with van der Waals surface area (Å²) in [6.45, 7) is 8.37. The number of Topliss-reactive ketones (excluding diaryl/α,β-unsaturated/α-hetero) is 1. The third-order valence-electron chi connectivity index (χ3n) is 4.92. The average molecular weight is 418 g/mol. The van der Waals surface area contributed by atoms with Crippen molar-refractivity contribution in [3.8, 4) is 0 Å². The monoisotopic (exact) mass is 418 g/mol. The third-order valence-corrected chi connectivity index (χ3v) is 4.92. The first-order chi connectivity index (χ1) is 13.9. The van der Waals surface area contributed by atoms with Gasteiger partial charge in [0.1, 0.15) is 5.82 Å². The molecular formula is C21H27FN4O4. The number of benzene rings is 1. The smallest absolute Gasteiger partial charge is 0.286 e. The molecule has 1 N–H and O–H groups in total. The van der Waals surface area contributed by atoms with Crippen molar-refractivity contribution in [3.05, 3.63) is 47.4 Å². The first-order valence-electron chi connectivity index (χ1n) is 9.58. The molecule has 0 aliphatic heterocycles. The van der Waals surface area contributed by atoms with Crippen molar-refractivity contribution in [1.82, 2.24) is 20.4 Å². The number of hydrogen-bond acceptors (Lipinski definition) is 6. The number of amides is 2. The number of rotatable bonds is 8. The van der Waals surface area contributed by atoms with Gasteiger partial charge in [0.25, 0.3) is 5.89 Å². The molecule has 1 aromatic carbocycles. The number of halogens is 1. The predicted molar refractivity (Wildman–Crippen MR) is 107 cm³/mol. The lowest BCUT2D eigenvalue weighted by molar-refractivity contribution is -0.133. The number of nitrogens with one attached hydrogen (secondary N) is 1. The van der Waals surface area contributed by atoms with Crippen LogP contribution in [0, 0.1) is 11.7 Å². The van der Waals surface area contributed by atoms with Crippen LogP contribution in [0.2, 0.25) is 0 Å². The van der Waals surface area contributed by atoms with Crippen LogP contribution in [0.15, 0.2) is 28.7 Å². The maximum Gasteiger partial charge on any atom is 0.286 e. The van der Waals surface area contributed by atoms with Crippen molar-refractivity contribution >= 4 is 17.6 Å². The molecule has 2 rings (SSSR count). The quantitative estimate of drug-likeness (QED) is 0.660. The summed E-state index contributed by atoms with van der Waals surface area (Å²) < 4.78 is 18.9. The average Bonchev–Trinajstić information content (AvgIpc) is 3.16. The first kappa shape index (κ1) is 23.2. The molecule has 2 amide bonds. The molecule has 0 aliphatic rings. The molecule has 0 aliphatic carbocycles. The van der Waals surface area contributed by atoms with Gasteiger partial charge in [0.15, 0.2) is 0 Å². The largest absolute Gasteiger partial charge is 0.417 e. The molecule has 8 nitrogen and oxygen atoms in total. The van der Waals surface area contributed by atoms with Crippen LogP contribution in [0.1, 0.15) is 56.8 Å². The summed E-state index contributed by atoms with van der Waals surface area (Å²) in [5.74, 6) is -1.88. The Morgan fingerprint density at radius 2 is 1.77 bits per heavy atom. The van der Waals surface area contributed by atoms with Gasteiger partial charge >= 0.3 is 0 Å². The Kier molecular flexibility index (Phi) is 7.07. The van der Waals surface area contributed by atoms with Crippen LogP contribution in [-0.4, -0.2) is 52.3 Å². The first-order valence-corrected chi connectivity index (χ1v) is 9.58. The highest BCUT2D eigenvalue weighted by atomic mass is 19.1. The summed E-state index contributed by atoms with van der Waals surface area (Å²) in [4.78, 5) is 37.7. The zero-order valence-corrected chi connectivity index (χ0v) is 18.0. The maximum absolute atomic E-state index is 13.2. The van der Waals surface area contributed by atoms with E-state index in [9.17, 15) is 18.8 Å². The summed E-state index contributed by atoms with van der Waals surface area (Å²) in [5.41, 5.74) is -0.00691. The van der Waals surface area contributed by atoms with E-state index in [1.807, 2.05) is 13.8 Å². The molecule has 0 bridgehead atoms. The lowest BCUT2D eigenvalue weighted by Crippen LogP contribution is -2.48. The van der Waals surface area contributed by atoms with Gasteiger partial charge in [-0.3, -0.25) is 14.4 Å². The number of carbonyl (C=O) groups is 3. The van der Waals surface area contributed by atoms with Crippen molar-refractivity contribution in [2.75, 3.05) is 13.6 Å². The molecule has 162 valence electrons. The molecule has 9 heteroatoms. The molecule has 0 radical (unpaired) electrons. The highest BCUT2D eigenvalue weighted by molar-refractivity contribution is 5.99. The SMILES string of the molecule is CC(=O)N(C)CC(=O)N[C@@H](C(=O)c1nnc(C(C)(C)c2ccc(F)cc2)o1)C(C)C. The van der Waals surface area contributed by atoms with Crippen LogP contribution < -0.4 is 5.32 Å². The lowest BCUT2D eigenvalue weighted by atomic mass is 9.84. The Morgan fingerprint density at radius 3 is 2.30 bits per heavy atom. The van der Waals surface area contributed by atoms with Crippen LogP contribution in [0.5, 0.6) is 0 Å². The Morgan fingerprint density at radius 1 is 1.17 bits per heavy atom. The highest BCUT2D eigenvalue weighted by Crippen LogP contribution is 2.30. The van der Waals surface area contributed by atoms with Gasteiger partial charge in [-0.05, 0) is 37.5 Å². The summed E-state index contributed by atoms with van der Waals surface area (Å²) in [6, 6.07) is 5.01. The lowest BCUT2D eigenvalue weighted by Gasteiger charge is -2.22. The Labute approximate surface area is 174 Å². The van der Waals surface area contributed by atoms with E-state index in [2.05, 4.69) is 15.5 Å². The van der Waals surface area contributed by atoms with E-state index in [0.717, 1.165) is 5.56 Å². The predicted octanol–water partition coefficient (Wildman–Crippen LogP) is 2.34. The summed E-state index contributed by atoms with van der Waals surface area (Å²) >= 11 is 0. The van der Waals surface area contributed by atoms with Crippen LogP contribution in [0.4, 0.5) is 4.39 Å². The van der Waals surface area contributed by atoms with Gasteiger partial charge in [-0.25, -0.2) is 4.39 Å². The number of ketones is 1. The van der Waals surface area contributed by atoms with Crippen LogP contribution in [-0.2, 0) is 15.0 Å². The van der Waals surface area contributed by atoms with Gasteiger partial charge in [0.2, 0.25) is 23.5 Å². The van der Waals surface area contributed by atoms with Crippen molar-refractivity contribution in [3.63, 3.8) is 0 Å². The molecule has 2 aromatic rings. The minimum Gasteiger partial charge on any atom is -0.417 e. The summed E-state index contributed by atoms with van der Waals surface area (Å²) in [6.07, 6.45) is 0. The zero-order chi connectivity index (χ0) is 22.6. The van der Waals surface area contributed by atoms with Gasteiger partial charge in [-0.2, -0.15) is 0 Å². The number of nitrogens with zero attached hydrogens (tertiary/aromatic N) is 3. The zero-order valence-electron chi connectivity index (χ0n) is 18.0. The fourth-order valence-corrected chi connectivity index (χ4v) is 2.78. The van der Waals surface area contributed by atoms with Gasteiger partial charge in [-0.1, -0.05) is 26.0 Å². The van der Waals surface area contributed by atoms with Crippen LogP contribution in [0.3, 0.4) is 0 Å². The van der Waals surface area contributed by atoms with E-state index in [-0.39, 0.29) is 36.0 Å². The molecule has 0 spiro atoms. The van der Waals surface area contributed by atoms with Crippen molar-refractivity contribution in [2.24, 2.45) is 5.92 Å². The molecule has 1 aromatic heterocycles. The van der Waals surface area contributed by atoms with E-state index in [1.54, 1.807) is 26.0 Å². The van der Waals surface area contributed by atoms with Gasteiger partial charge in [0.05, 0.1) is 18.0 Å². The number of hydrogen-bond donors (Lipinski definition) is 1. The van der Waals surface area contributed by atoms with Crippen molar-refractivity contribution in [1.29, 1.82) is 0 Å². The molecule has 30 heavy (non-hydrogen) atoms. The molecule has 0 unspecified atom stereocenters. The summed E-state index contributed by atoms with van der Waals surface area (Å²) in [7, 11) is 1.50. The van der Waals surface area contributed by atoms with Crippen molar-refractivity contribution in [2.45, 2.75) is 46.1 Å². The topological polar surface area (TPSA) is 105 Å². The molecule has 1 heterocycles.